The molecule has 2 aliphatic heterocycles. The van der Waals surface area contributed by atoms with Gasteiger partial charge in [0.2, 0.25) is 5.82 Å². The first-order valence-corrected chi connectivity index (χ1v) is 13.6. The Morgan fingerprint density at radius 3 is 2.50 bits per heavy atom. The van der Waals surface area contributed by atoms with Gasteiger partial charge in [0.25, 0.3) is 5.91 Å². The van der Waals surface area contributed by atoms with Crippen molar-refractivity contribution in [3.63, 3.8) is 0 Å². The number of fused-ring (bicyclic) bond motifs is 3. The molecule has 13 heteroatoms. The van der Waals surface area contributed by atoms with Crippen LogP contribution in [0, 0.1) is 11.6 Å². The van der Waals surface area contributed by atoms with E-state index in [1.807, 2.05) is 4.90 Å². The molecule has 0 saturated carbocycles. The smallest absolute Gasteiger partial charge is 0.292 e. The number of ketones is 1. The van der Waals surface area contributed by atoms with E-state index in [1.54, 1.807) is 24.5 Å². The molecule has 1 aromatic carbocycles. The molecule has 0 aliphatic carbocycles. The number of carbonyl (C=O) groups is 2. The number of H-pyrrole nitrogens is 1. The molecule has 0 radical (unpaired) electrons. The van der Waals surface area contributed by atoms with Gasteiger partial charge in [0, 0.05) is 40.9 Å². The molecule has 2 saturated heterocycles. The minimum atomic E-state index is -0.966. The molecule has 2 fully saturated rings. The second kappa shape index (κ2) is 9.79. The van der Waals surface area contributed by atoms with E-state index in [-0.39, 0.29) is 52.6 Å². The van der Waals surface area contributed by atoms with E-state index in [0.29, 0.717) is 40.9 Å². The molecule has 2 aliphatic rings. The van der Waals surface area contributed by atoms with Crippen molar-refractivity contribution in [1.82, 2.24) is 39.7 Å². The number of nitrogen functional groups attached to an aromatic ring is 1. The van der Waals surface area contributed by atoms with Crippen molar-refractivity contribution in [2.75, 3.05) is 5.73 Å². The van der Waals surface area contributed by atoms with Crippen molar-refractivity contribution in [2.45, 2.75) is 50.6 Å². The minimum Gasteiger partial charge on any atom is -0.383 e. The Bertz CT molecular complexity index is 1840. The van der Waals surface area contributed by atoms with Gasteiger partial charge in [-0.15, -0.1) is 10.2 Å². The molecule has 5 aromatic rings. The first kappa shape index (κ1) is 25.9. The fraction of sp³-hybridized carbons (Fsp3) is 0.276. The van der Waals surface area contributed by atoms with Gasteiger partial charge in [-0.05, 0) is 50.8 Å². The van der Waals surface area contributed by atoms with Gasteiger partial charge in [-0.3, -0.25) is 14.6 Å². The van der Waals surface area contributed by atoms with Crippen LogP contribution in [0.4, 0.5) is 14.6 Å². The summed E-state index contributed by atoms with van der Waals surface area (Å²) in [4.78, 5) is 40.0. The van der Waals surface area contributed by atoms with Crippen molar-refractivity contribution in [3.8, 4) is 22.4 Å². The van der Waals surface area contributed by atoms with Crippen LogP contribution < -0.4 is 5.73 Å². The predicted octanol–water partition coefficient (Wildman–Crippen LogP) is 4.19. The molecule has 4 aromatic heterocycles. The molecule has 2 bridgehead atoms. The number of rotatable bonds is 5. The third-order valence-electron chi connectivity index (χ3n) is 8.34. The molecule has 3 N–H and O–H groups in total. The highest BCUT2D eigenvalue weighted by atomic mass is 19.2. The number of aromatic amines is 1. The fourth-order valence-electron chi connectivity index (χ4n) is 6.47. The van der Waals surface area contributed by atoms with E-state index in [0.717, 1.165) is 18.9 Å². The number of piperidine rings is 1. The number of amides is 1. The van der Waals surface area contributed by atoms with Gasteiger partial charge < -0.3 is 15.6 Å². The second-order valence-corrected chi connectivity index (χ2v) is 10.7. The molecule has 42 heavy (non-hydrogen) atoms. The Balaban J connectivity index is 1.26. The number of nitrogens with zero attached hydrogens (tertiary/aromatic N) is 7. The number of carbonyl (C=O) groups excluding carboxylic acids is 2. The predicted molar refractivity (Wildman–Crippen MR) is 147 cm³/mol. The molecule has 6 heterocycles. The molecule has 0 unspecified atom stereocenters. The lowest BCUT2D eigenvalue weighted by molar-refractivity contribution is 0.0556. The van der Waals surface area contributed by atoms with Gasteiger partial charge in [0.1, 0.15) is 12.1 Å². The maximum Gasteiger partial charge on any atom is 0.292 e. The van der Waals surface area contributed by atoms with Crippen LogP contribution in [0.15, 0.2) is 49.1 Å². The Morgan fingerprint density at radius 2 is 1.83 bits per heavy atom. The summed E-state index contributed by atoms with van der Waals surface area (Å²) >= 11 is 0. The summed E-state index contributed by atoms with van der Waals surface area (Å²) in [6.07, 6.45) is 7.45. The second-order valence-electron chi connectivity index (χ2n) is 10.7. The average molecular weight is 570 g/mol. The summed E-state index contributed by atoms with van der Waals surface area (Å²) in [6.45, 7) is 1.46. The zero-order chi connectivity index (χ0) is 29.1. The number of nitrogens with two attached hydrogens (primary N) is 1. The molecule has 0 spiro atoms. The molecular formula is C29H25F2N9O2. The van der Waals surface area contributed by atoms with Crippen LogP contribution in [-0.4, -0.2) is 63.4 Å². The zero-order valence-electron chi connectivity index (χ0n) is 22.5. The maximum atomic E-state index is 14.3. The lowest BCUT2D eigenvalue weighted by Gasteiger charge is -2.38. The lowest BCUT2D eigenvalue weighted by Crippen LogP contribution is -2.46. The van der Waals surface area contributed by atoms with E-state index < -0.39 is 11.6 Å². The third-order valence-corrected chi connectivity index (χ3v) is 8.34. The number of pyridine rings is 1. The molecule has 7 rings (SSSR count). The summed E-state index contributed by atoms with van der Waals surface area (Å²) in [6, 6.07) is 7.21. The minimum absolute atomic E-state index is 0.0326. The topological polar surface area (TPSA) is 148 Å². The van der Waals surface area contributed by atoms with Crippen LogP contribution in [-0.2, 0) is 0 Å². The van der Waals surface area contributed by atoms with Crippen LogP contribution in [0.3, 0.4) is 0 Å². The first-order valence-electron chi connectivity index (χ1n) is 13.6. The number of aromatic nitrogens is 7. The van der Waals surface area contributed by atoms with Crippen molar-refractivity contribution < 1.29 is 18.4 Å². The van der Waals surface area contributed by atoms with E-state index >= 15 is 0 Å². The van der Waals surface area contributed by atoms with E-state index in [1.165, 1.54) is 29.9 Å². The highest BCUT2D eigenvalue weighted by Gasteiger charge is 2.45. The molecular weight excluding hydrogens is 544 g/mol. The van der Waals surface area contributed by atoms with Crippen LogP contribution in [0.1, 0.15) is 65.2 Å². The number of Topliss-reactive ketones (excluding diaryl/α,β-unsaturated/α-hetero) is 1. The third kappa shape index (κ3) is 4.03. The Hall–Kier alpha value is -5.07. The summed E-state index contributed by atoms with van der Waals surface area (Å²) in [5.41, 5.74) is 9.50. The fourth-order valence-corrected chi connectivity index (χ4v) is 6.47. The molecule has 1 amide bonds. The monoisotopic (exact) mass is 569 g/mol. The SMILES string of the molecule is CC(=O)c1c([C@H]2C[C@H]3CC[C@@H](C2)N3C(=O)c2nnc[nH]2)nc2c(-c3ccc(-c4cccc(F)c4F)nc3)cnn2c1N. The van der Waals surface area contributed by atoms with Gasteiger partial charge in [-0.2, -0.15) is 9.61 Å². The van der Waals surface area contributed by atoms with Gasteiger partial charge in [-0.25, -0.2) is 13.8 Å². The number of nitrogens with one attached hydrogen (secondary N) is 1. The highest BCUT2D eigenvalue weighted by molar-refractivity contribution is 6.00. The van der Waals surface area contributed by atoms with Crippen molar-refractivity contribution in [3.05, 3.63) is 77.8 Å². The number of hydrogen-bond donors (Lipinski definition) is 2. The van der Waals surface area contributed by atoms with Crippen LogP contribution in [0.25, 0.3) is 28.0 Å². The standard InChI is InChI=1S/C29H25F2N9O2/c1-14(41)23-25(16-9-17-6-7-18(10-16)39(17)29(42)27-34-13-35-38-27)37-28-20(12-36-40(28)26(23)32)15-5-8-22(33-11-15)19-3-2-4-21(30)24(19)31/h2-5,8,11-13,16-18H,6-7,9-10,32H2,1H3,(H,34,35,38)/t16-,17+,18-. The molecule has 11 nitrogen and oxygen atoms in total. The van der Waals surface area contributed by atoms with Gasteiger partial charge >= 0.3 is 0 Å². The Morgan fingerprint density at radius 1 is 1.05 bits per heavy atom. The number of anilines is 1. The number of benzene rings is 1. The number of halogens is 2. The summed E-state index contributed by atoms with van der Waals surface area (Å²) in [7, 11) is 0. The van der Waals surface area contributed by atoms with Crippen molar-refractivity contribution in [1.29, 1.82) is 0 Å². The molecule has 3 atom stereocenters. The maximum absolute atomic E-state index is 14.3. The van der Waals surface area contributed by atoms with E-state index in [9.17, 15) is 18.4 Å². The average Bonchev–Trinajstić information content (AvgIpc) is 3.73. The summed E-state index contributed by atoms with van der Waals surface area (Å²) < 4.78 is 29.5. The van der Waals surface area contributed by atoms with Gasteiger partial charge in [0.15, 0.2) is 23.1 Å². The van der Waals surface area contributed by atoms with Gasteiger partial charge in [-0.1, -0.05) is 12.1 Å². The van der Waals surface area contributed by atoms with Crippen molar-refractivity contribution >= 4 is 23.2 Å². The van der Waals surface area contributed by atoms with Gasteiger partial charge in [0.05, 0.1) is 23.1 Å². The first-order chi connectivity index (χ1) is 20.3. The normalized spacial score (nSPS) is 19.9. The van der Waals surface area contributed by atoms with E-state index in [4.69, 9.17) is 10.7 Å². The molecule has 212 valence electrons. The Labute approximate surface area is 237 Å². The largest absolute Gasteiger partial charge is 0.383 e. The highest BCUT2D eigenvalue weighted by Crippen LogP contribution is 2.45. The van der Waals surface area contributed by atoms with Crippen molar-refractivity contribution in [2.24, 2.45) is 0 Å². The Kier molecular flexibility index (Phi) is 6.03. The summed E-state index contributed by atoms with van der Waals surface area (Å²) in [5, 5.41) is 12.0. The quantitative estimate of drug-likeness (QED) is 0.300. The zero-order valence-corrected chi connectivity index (χ0v) is 22.5. The lowest BCUT2D eigenvalue weighted by atomic mass is 9.85. The number of hydrogen-bond acceptors (Lipinski definition) is 8. The van der Waals surface area contributed by atoms with Crippen LogP contribution in [0.2, 0.25) is 0 Å². The van der Waals surface area contributed by atoms with Crippen LogP contribution in [0.5, 0.6) is 0 Å². The van der Waals surface area contributed by atoms with E-state index in [2.05, 4.69) is 25.3 Å². The van der Waals surface area contributed by atoms with Crippen LogP contribution >= 0.6 is 0 Å². The summed E-state index contributed by atoms with van der Waals surface area (Å²) in [5.74, 6) is -2.02.